The fraction of sp³-hybridized carbons (Fsp3) is 0.200. The quantitative estimate of drug-likeness (QED) is 0.541. The molecule has 0 fully saturated rings. The highest BCUT2D eigenvalue weighted by Crippen LogP contribution is 2.22. The summed E-state index contributed by atoms with van der Waals surface area (Å²) in [6.07, 6.45) is 6.03. The number of nitrogens with zero attached hydrogens (tertiary/aromatic N) is 5. The molecular weight excluding hydrogens is 376 g/mol. The zero-order chi connectivity index (χ0) is 19.7. The van der Waals surface area contributed by atoms with Crippen LogP contribution in [-0.4, -0.2) is 30.1 Å². The summed E-state index contributed by atoms with van der Waals surface area (Å²) in [6.45, 7) is 4.01. The Labute approximate surface area is 167 Å². The first kappa shape index (κ1) is 18.2. The number of carbonyl (C=O) groups excluding carboxylic acids is 1. The molecule has 3 aromatic heterocycles. The number of fused-ring (bicyclic) bond motifs is 1. The largest absolute Gasteiger partial charge is 0.305 e. The van der Waals surface area contributed by atoms with E-state index in [-0.39, 0.29) is 11.9 Å². The zero-order valence-corrected chi connectivity index (χ0v) is 16.3. The Morgan fingerprint density at radius 1 is 1.21 bits per heavy atom. The van der Waals surface area contributed by atoms with Crippen molar-refractivity contribution in [2.75, 3.05) is 5.32 Å². The van der Waals surface area contributed by atoms with Crippen LogP contribution >= 0.6 is 11.6 Å². The van der Waals surface area contributed by atoms with Gasteiger partial charge >= 0.3 is 0 Å². The summed E-state index contributed by atoms with van der Waals surface area (Å²) in [7, 11) is 0. The van der Waals surface area contributed by atoms with E-state index in [1.54, 1.807) is 10.7 Å². The SMILES string of the molecule is CCC(C)n1ncc(Cl)c1C(=O)Nc1ccn2cc(-c3ccccc3)nc2n1. The van der Waals surface area contributed by atoms with Crippen molar-refractivity contribution in [1.29, 1.82) is 0 Å². The molecule has 4 rings (SSSR count). The lowest BCUT2D eigenvalue weighted by atomic mass is 10.2. The van der Waals surface area contributed by atoms with Crippen LogP contribution < -0.4 is 5.32 Å². The van der Waals surface area contributed by atoms with Crippen molar-refractivity contribution in [3.05, 3.63) is 65.7 Å². The second-order valence-electron chi connectivity index (χ2n) is 6.51. The molecule has 0 bridgehead atoms. The highest BCUT2D eigenvalue weighted by molar-refractivity contribution is 6.34. The van der Waals surface area contributed by atoms with Crippen LogP contribution in [0.2, 0.25) is 5.02 Å². The van der Waals surface area contributed by atoms with E-state index in [1.807, 2.05) is 61.0 Å². The second kappa shape index (κ2) is 7.44. The Morgan fingerprint density at radius 3 is 2.75 bits per heavy atom. The molecule has 1 atom stereocenters. The van der Waals surface area contributed by atoms with Gasteiger partial charge in [0.15, 0.2) is 0 Å². The molecule has 142 valence electrons. The van der Waals surface area contributed by atoms with Crippen molar-refractivity contribution in [2.45, 2.75) is 26.3 Å². The molecule has 0 aliphatic heterocycles. The number of hydrogen-bond acceptors (Lipinski definition) is 4. The maximum atomic E-state index is 12.8. The molecule has 1 amide bonds. The molecule has 7 nitrogen and oxygen atoms in total. The fourth-order valence-electron chi connectivity index (χ4n) is 2.93. The van der Waals surface area contributed by atoms with E-state index in [4.69, 9.17) is 11.6 Å². The molecule has 1 N–H and O–H groups in total. The lowest BCUT2D eigenvalue weighted by Gasteiger charge is -2.13. The first-order chi connectivity index (χ1) is 13.6. The molecule has 1 aromatic carbocycles. The smallest absolute Gasteiger partial charge is 0.276 e. The highest BCUT2D eigenvalue weighted by atomic mass is 35.5. The molecule has 0 aliphatic carbocycles. The molecule has 0 saturated heterocycles. The molecule has 1 unspecified atom stereocenters. The molecule has 0 saturated carbocycles. The van der Waals surface area contributed by atoms with E-state index in [1.165, 1.54) is 6.20 Å². The minimum atomic E-state index is -0.352. The Balaban J connectivity index is 1.62. The van der Waals surface area contributed by atoms with Crippen LogP contribution in [0.15, 0.2) is 55.0 Å². The number of amides is 1. The minimum absolute atomic E-state index is 0.0596. The van der Waals surface area contributed by atoms with Gasteiger partial charge < -0.3 is 5.32 Å². The van der Waals surface area contributed by atoms with Crippen molar-refractivity contribution in [1.82, 2.24) is 24.1 Å². The van der Waals surface area contributed by atoms with Gasteiger partial charge in [0, 0.05) is 24.0 Å². The van der Waals surface area contributed by atoms with Crippen LogP contribution in [0.1, 0.15) is 36.8 Å². The first-order valence-electron chi connectivity index (χ1n) is 9.02. The van der Waals surface area contributed by atoms with E-state index in [0.29, 0.717) is 22.3 Å². The molecule has 28 heavy (non-hydrogen) atoms. The maximum Gasteiger partial charge on any atom is 0.276 e. The Hall–Kier alpha value is -3.19. The molecule has 3 heterocycles. The Kier molecular flexibility index (Phi) is 4.83. The molecule has 8 heteroatoms. The van der Waals surface area contributed by atoms with Gasteiger partial charge in [-0.05, 0) is 19.4 Å². The van der Waals surface area contributed by atoms with Crippen LogP contribution in [0.4, 0.5) is 5.82 Å². The number of halogens is 1. The highest BCUT2D eigenvalue weighted by Gasteiger charge is 2.21. The maximum absolute atomic E-state index is 12.8. The fourth-order valence-corrected chi connectivity index (χ4v) is 3.14. The van der Waals surface area contributed by atoms with Gasteiger partial charge in [0.05, 0.1) is 16.9 Å². The van der Waals surface area contributed by atoms with E-state index in [0.717, 1.165) is 17.7 Å². The summed E-state index contributed by atoms with van der Waals surface area (Å²) in [4.78, 5) is 21.8. The lowest BCUT2D eigenvalue weighted by Crippen LogP contribution is -2.20. The molecule has 0 aliphatic rings. The summed E-state index contributed by atoms with van der Waals surface area (Å²) in [5.74, 6) is 0.545. The predicted molar refractivity (Wildman–Crippen MR) is 109 cm³/mol. The van der Waals surface area contributed by atoms with Crippen LogP contribution in [0.3, 0.4) is 0 Å². The number of anilines is 1. The van der Waals surface area contributed by atoms with Crippen LogP contribution in [0, 0.1) is 0 Å². The van der Waals surface area contributed by atoms with Crippen LogP contribution in [-0.2, 0) is 0 Å². The monoisotopic (exact) mass is 394 g/mol. The van der Waals surface area contributed by atoms with Crippen molar-refractivity contribution in [2.24, 2.45) is 0 Å². The van der Waals surface area contributed by atoms with Gasteiger partial charge in [0.2, 0.25) is 5.78 Å². The topological polar surface area (TPSA) is 77.1 Å². The molecule has 0 spiro atoms. The second-order valence-corrected chi connectivity index (χ2v) is 6.92. The van der Waals surface area contributed by atoms with Crippen molar-refractivity contribution in [3.63, 3.8) is 0 Å². The van der Waals surface area contributed by atoms with E-state index < -0.39 is 0 Å². The van der Waals surface area contributed by atoms with Crippen molar-refractivity contribution >= 4 is 29.1 Å². The summed E-state index contributed by atoms with van der Waals surface area (Å²) >= 11 is 6.19. The number of rotatable bonds is 5. The van der Waals surface area contributed by atoms with E-state index in [9.17, 15) is 4.79 Å². The molecule has 0 radical (unpaired) electrons. The van der Waals surface area contributed by atoms with Gasteiger partial charge in [0.25, 0.3) is 5.91 Å². The number of aromatic nitrogens is 5. The number of nitrogens with one attached hydrogen (secondary N) is 1. The average Bonchev–Trinajstić information content (AvgIpc) is 3.31. The van der Waals surface area contributed by atoms with Gasteiger partial charge in [-0.1, -0.05) is 48.9 Å². The molecule has 4 aromatic rings. The average molecular weight is 395 g/mol. The van der Waals surface area contributed by atoms with E-state index in [2.05, 4.69) is 20.4 Å². The number of benzene rings is 1. The van der Waals surface area contributed by atoms with Crippen molar-refractivity contribution in [3.8, 4) is 11.3 Å². The summed E-state index contributed by atoms with van der Waals surface area (Å²) < 4.78 is 3.45. The lowest BCUT2D eigenvalue weighted by molar-refractivity contribution is 0.101. The van der Waals surface area contributed by atoms with Crippen LogP contribution in [0.5, 0.6) is 0 Å². The third-order valence-corrected chi connectivity index (χ3v) is 4.89. The predicted octanol–water partition coefficient (Wildman–Crippen LogP) is 4.47. The minimum Gasteiger partial charge on any atom is -0.305 e. The van der Waals surface area contributed by atoms with Crippen LogP contribution in [0.25, 0.3) is 17.0 Å². The number of hydrogen-bond donors (Lipinski definition) is 1. The first-order valence-corrected chi connectivity index (χ1v) is 9.40. The zero-order valence-electron chi connectivity index (χ0n) is 15.5. The normalized spacial score (nSPS) is 12.2. The third kappa shape index (κ3) is 3.36. The number of imidazole rings is 1. The van der Waals surface area contributed by atoms with Gasteiger partial charge in [-0.15, -0.1) is 0 Å². The van der Waals surface area contributed by atoms with Crippen molar-refractivity contribution < 1.29 is 4.79 Å². The Bertz CT molecular complexity index is 1130. The van der Waals surface area contributed by atoms with Gasteiger partial charge in [-0.2, -0.15) is 10.1 Å². The Morgan fingerprint density at radius 2 is 2.00 bits per heavy atom. The standard InChI is InChI=1S/C20H19ClN6O/c1-3-13(2)27-18(15(21)11-22-27)19(28)24-17-9-10-26-12-16(23-20(26)25-17)14-7-5-4-6-8-14/h4-13H,3H2,1-2H3,(H,23,24,25,28). The summed E-state index contributed by atoms with van der Waals surface area (Å²) in [5, 5.41) is 7.33. The van der Waals surface area contributed by atoms with E-state index >= 15 is 0 Å². The summed E-state index contributed by atoms with van der Waals surface area (Å²) in [6, 6.07) is 11.6. The van der Waals surface area contributed by atoms with Gasteiger partial charge in [-0.25, -0.2) is 4.98 Å². The van der Waals surface area contributed by atoms with Gasteiger partial charge in [0.1, 0.15) is 11.5 Å². The van der Waals surface area contributed by atoms with Gasteiger partial charge in [-0.3, -0.25) is 13.9 Å². The summed E-state index contributed by atoms with van der Waals surface area (Å²) in [5.41, 5.74) is 2.14. The third-order valence-electron chi connectivity index (χ3n) is 4.61. The number of carbonyl (C=O) groups is 1. The molecular formula is C20H19ClN6O.